The van der Waals surface area contributed by atoms with Crippen LogP contribution in [-0.4, -0.2) is 53.9 Å². The Labute approximate surface area is 289 Å². The number of carbonyl (C=O) groups is 1. The molecule has 1 amide bonds. The summed E-state index contributed by atoms with van der Waals surface area (Å²) in [6, 6.07) is 36.7. The van der Waals surface area contributed by atoms with E-state index in [1.165, 1.54) is 5.19 Å². The summed E-state index contributed by atoms with van der Waals surface area (Å²) in [5.41, 5.74) is 3.69. The Bertz CT molecular complexity index is 1900. The molecule has 1 N–H and O–H groups in total. The van der Waals surface area contributed by atoms with Gasteiger partial charge in [-0.05, 0) is 41.3 Å². The molecule has 49 heavy (non-hydrogen) atoms. The van der Waals surface area contributed by atoms with E-state index in [1.54, 1.807) is 7.11 Å². The van der Waals surface area contributed by atoms with E-state index in [4.69, 9.17) is 9.47 Å². The molecule has 0 radical (unpaired) electrons. The molecule has 1 fully saturated rings. The topological polar surface area (TPSA) is 89.7 Å². The van der Waals surface area contributed by atoms with Crippen LogP contribution < -0.4 is 14.8 Å². The maximum Gasteiger partial charge on any atom is 0.264 e. The predicted molar refractivity (Wildman–Crippen MR) is 194 cm³/mol. The molecule has 1 unspecified atom stereocenters. The van der Waals surface area contributed by atoms with Gasteiger partial charge in [-0.3, -0.25) is 9.48 Å². The Morgan fingerprint density at radius 3 is 2.31 bits per heavy atom. The minimum atomic E-state index is -2.28. The lowest BCUT2D eigenvalue weighted by Gasteiger charge is -2.37. The number of rotatable bonds is 11. The van der Waals surface area contributed by atoms with Crippen LogP contribution in [0.3, 0.4) is 0 Å². The van der Waals surface area contributed by atoms with E-state index < -0.39 is 13.7 Å². The van der Waals surface area contributed by atoms with Gasteiger partial charge in [-0.2, -0.15) is 0 Å². The molecule has 5 atom stereocenters. The molecule has 4 aromatic carbocycles. The van der Waals surface area contributed by atoms with Gasteiger partial charge in [-0.15, -0.1) is 5.10 Å². The van der Waals surface area contributed by atoms with Gasteiger partial charge in [0, 0.05) is 24.2 Å². The van der Waals surface area contributed by atoms with Crippen molar-refractivity contribution in [2.75, 3.05) is 18.6 Å². The van der Waals surface area contributed by atoms with E-state index in [1.807, 2.05) is 88.6 Å². The number of fused-ring (bicyclic) bond motifs is 2. The number of aliphatic hydroxyl groups is 1. The SMILES string of the molecule is COc1ccc([Si](C)(C)[C@@H]2[C@@H](CCn3cc(C(CO)c4ccccc4)nn3)O[C@]3(C(=O)N(Cc4ccccc4)c4ccccc43)[C@H]2C)cc1. The Balaban J connectivity index is 1.24. The molecule has 2 aliphatic rings. The van der Waals surface area contributed by atoms with Crippen molar-refractivity contribution in [2.45, 2.75) is 62.7 Å². The van der Waals surface area contributed by atoms with E-state index in [9.17, 15) is 9.90 Å². The van der Waals surface area contributed by atoms with Crippen LogP contribution in [0.2, 0.25) is 18.6 Å². The Morgan fingerprint density at radius 2 is 1.61 bits per heavy atom. The first-order valence-corrected chi connectivity index (χ1v) is 20.2. The first-order valence-electron chi connectivity index (χ1n) is 17.1. The maximum atomic E-state index is 14.9. The Kier molecular flexibility index (Phi) is 9.00. The average Bonchev–Trinajstić information content (AvgIpc) is 3.79. The summed E-state index contributed by atoms with van der Waals surface area (Å²) < 4.78 is 14.6. The molecule has 2 aliphatic heterocycles. The second kappa shape index (κ2) is 13.4. The monoisotopic (exact) mass is 672 g/mol. The molecule has 3 heterocycles. The fourth-order valence-electron chi connectivity index (χ4n) is 8.36. The van der Waals surface area contributed by atoms with Crippen molar-refractivity contribution < 1.29 is 19.4 Å². The third-order valence-electron chi connectivity index (χ3n) is 10.9. The zero-order valence-corrected chi connectivity index (χ0v) is 29.6. The molecule has 0 aliphatic carbocycles. The number of amides is 1. The van der Waals surface area contributed by atoms with Crippen LogP contribution in [0.1, 0.15) is 41.6 Å². The minimum absolute atomic E-state index is 0.00812. The number of aliphatic hydroxyl groups excluding tert-OH is 1. The van der Waals surface area contributed by atoms with E-state index in [-0.39, 0.29) is 36.0 Å². The summed E-state index contributed by atoms with van der Waals surface area (Å²) >= 11 is 0. The van der Waals surface area contributed by atoms with Crippen LogP contribution in [-0.2, 0) is 28.2 Å². The van der Waals surface area contributed by atoms with E-state index in [0.29, 0.717) is 19.5 Å². The zero-order chi connectivity index (χ0) is 34.2. The van der Waals surface area contributed by atoms with Gasteiger partial charge in [-0.25, -0.2) is 0 Å². The number of hydrogen-bond acceptors (Lipinski definition) is 6. The fraction of sp³-hybridized carbons (Fsp3) is 0.325. The molecule has 7 rings (SSSR count). The molecule has 1 saturated heterocycles. The number of hydrogen-bond donors (Lipinski definition) is 1. The quantitative estimate of drug-likeness (QED) is 0.167. The predicted octanol–water partition coefficient (Wildman–Crippen LogP) is 6.26. The highest BCUT2D eigenvalue weighted by Gasteiger charge is 2.66. The smallest absolute Gasteiger partial charge is 0.264 e. The molecule has 1 spiro atoms. The van der Waals surface area contributed by atoms with Gasteiger partial charge in [0.1, 0.15) is 5.75 Å². The van der Waals surface area contributed by atoms with Crippen LogP contribution in [0.25, 0.3) is 0 Å². The number of carbonyl (C=O) groups excluding carboxylic acids is 1. The maximum absolute atomic E-state index is 14.9. The standard InChI is InChI=1S/C40H44N4O4Si/c1-28-38(49(3,4)32-21-19-31(47-2)20-22-32)37(23-24-43-26-35(41-42-43)33(27-45)30-15-9-6-10-16-30)48-40(28)34-17-11-12-18-36(34)44(39(40)46)25-29-13-7-5-8-14-29/h5-22,26,28,33,37-38,45H,23-25,27H2,1-4H3/t28-,33?,37+,38-,40+/m0/s1. The van der Waals surface area contributed by atoms with Crippen molar-refractivity contribution >= 4 is 24.9 Å². The van der Waals surface area contributed by atoms with Crippen LogP contribution in [0.5, 0.6) is 5.75 Å². The summed E-state index contributed by atoms with van der Waals surface area (Å²) in [6.45, 7) is 8.02. The van der Waals surface area contributed by atoms with Gasteiger partial charge < -0.3 is 19.5 Å². The van der Waals surface area contributed by atoms with Crippen LogP contribution in [0.4, 0.5) is 5.69 Å². The molecular weight excluding hydrogens is 629 g/mol. The summed E-state index contributed by atoms with van der Waals surface area (Å²) in [7, 11) is -0.592. The number of para-hydroxylation sites is 1. The van der Waals surface area contributed by atoms with Crippen molar-refractivity contribution in [1.29, 1.82) is 0 Å². The van der Waals surface area contributed by atoms with Gasteiger partial charge in [-0.1, -0.05) is 121 Å². The largest absolute Gasteiger partial charge is 0.497 e. The van der Waals surface area contributed by atoms with Gasteiger partial charge in [0.25, 0.3) is 5.91 Å². The molecular formula is C40H44N4O4Si. The van der Waals surface area contributed by atoms with Crippen LogP contribution in [0.15, 0.2) is 115 Å². The van der Waals surface area contributed by atoms with Crippen molar-refractivity contribution in [3.8, 4) is 5.75 Å². The number of nitrogens with zero attached hydrogens (tertiary/aromatic N) is 4. The van der Waals surface area contributed by atoms with Crippen molar-refractivity contribution in [3.63, 3.8) is 0 Å². The third-order valence-corrected chi connectivity index (χ3v) is 15.2. The highest BCUT2D eigenvalue weighted by molar-refractivity contribution is 6.91. The summed E-state index contributed by atoms with van der Waals surface area (Å²) in [5.74, 6) is 0.499. The van der Waals surface area contributed by atoms with Gasteiger partial charge in [0.2, 0.25) is 0 Å². The second-order valence-electron chi connectivity index (χ2n) is 13.9. The van der Waals surface area contributed by atoms with Gasteiger partial charge in [0.05, 0.1) is 51.7 Å². The highest BCUT2D eigenvalue weighted by atomic mass is 28.3. The summed E-state index contributed by atoms with van der Waals surface area (Å²) in [5, 5.41) is 20.5. The number of benzene rings is 4. The molecule has 8 nitrogen and oxygen atoms in total. The molecule has 252 valence electrons. The molecule has 5 aromatic rings. The normalized spacial score (nSPS) is 22.4. The van der Waals surface area contributed by atoms with E-state index in [0.717, 1.165) is 33.8 Å². The lowest BCUT2D eigenvalue weighted by molar-refractivity contribution is -0.146. The summed E-state index contributed by atoms with van der Waals surface area (Å²) in [4.78, 5) is 16.8. The van der Waals surface area contributed by atoms with E-state index in [2.05, 4.69) is 66.7 Å². The zero-order valence-electron chi connectivity index (χ0n) is 28.6. The van der Waals surface area contributed by atoms with Gasteiger partial charge >= 0.3 is 0 Å². The van der Waals surface area contributed by atoms with Crippen LogP contribution in [0, 0.1) is 5.92 Å². The first-order chi connectivity index (χ1) is 23.8. The fourth-order valence-corrected chi connectivity index (χ4v) is 12.4. The Hall–Kier alpha value is -4.57. The number of methoxy groups -OCH3 is 1. The minimum Gasteiger partial charge on any atom is -0.497 e. The molecule has 9 heteroatoms. The van der Waals surface area contributed by atoms with Crippen molar-refractivity contribution in [1.82, 2.24) is 15.0 Å². The first kappa shape index (κ1) is 32.9. The molecule has 1 aromatic heterocycles. The van der Waals surface area contributed by atoms with Crippen molar-refractivity contribution in [3.05, 3.63) is 138 Å². The van der Waals surface area contributed by atoms with Crippen molar-refractivity contribution in [2.24, 2.45) is 5.92 Å². The average molecular weight is 673 g/mol. The van der Waals surface area contributed by atoms with E-state index >= 15 is 0 Å². The lowest BCUT2D eigenvalue weighted by atomic mass is 9.82. The second-order valence-corrected chi connectivity index (χ2v) is 18.6. The highest BCUT2D eigenvalue weighted by Crippen LogP contribution is 2.60. The van der Waals surface area contributed by atoms with Crippen LogP contribution >= 0.6 is 0 Å². The molecule has 0 saturated carbocycles. The number of aromatic nitrogens is 3. The Morgan fingerprint density at radius 1 is 0.939 bits per heavy atom. The number of ether oxygens (including phenoxy) is 2. The lowest BCUT2D eigenvalue weighted by Crippen LogP contribution is -2.51. The third kappa shape index (κ3) is 5.79. The molecule has 0 bridgehead atoms. The summed E-state index contributed by atoms with van der Waals surface area (Å²) in [6.07, 6.45) is 2.39. The van der Waals surface area contributed by atoms with Gasteiger partial charge in [0.15, 0.2) is 5.60 Å². The number of aryl methyl sites for hydroxylation is 1. The number of anilines is 1.